The molecule has 0 radical (unpaired) electrons. The molecule has 26 heavy (non-hydrogen) atoms. The Morgan fingerprint density at radius 1 is 1.23 bits per heavy atom. The Kier molecular flexibility index (Phi) is 6.16. The molecule has 0 spiro atoms. The van der Waals surface area contributed by atoms with Gasteiger partial charge >= 0.3 is 0 Å². The fourth-order valence-electron chi connectivity index (χ4n) is 3.49. The molecule has 1 fully saturated rings. The summed E-state index contributed by atoms with van der Waals surface area (Å²) in [6.45, 7) is 4.96. The average molecular weight is 352 g/mol. The van der Waals surface area contributed by atoms with Gasteiger partial charge in [-0.1, -0.05) is 24.3 Å². The summed E-state index contributed by atoms with van der Waals surface area (Å²) in [5.41, 5.74) is 3.71. The van der Waals surface area contributed by atoms with Crippen LogP contribution in [-0.2, 0) is 11.2 Å². The van der Waals surface area contributed by atoms with Gasteiger partial charge in [0.15, 0.2) is 0 Å². The molecule has 3 rings (SSSR count). The van der Waals surface area contributed by atoms with Crippen molar-refractivity contribution in [1.82, 2.24) is 5.32 Å². The molecule has 0 aliphatic carbocycles. The average Bonchev–Trinajstić information content (AvgIpc) is 3.14. The van der Waals surface area contributed by atoms with Crippen LogP contribution in [-0.4, -0.2) is 32.7 Å². The molecule has 0 saturated carbocycles. The number of hydrogen-bond donors (Lipinski definition) is 1. The number of benzene rings is 2. The van der Waals surface area contributed by atoms with Gasteiger partial charge in [0.05, 0.1) is 7.11 Å². The lowest BCUT2D eigenvalue weighted by atomic mass is 10.1. The summed E-state index contributed by atoms with van der Waals surface area (Å²) < 4.78 is 5.23. The first kappa shape index (κ1) is 18.3. The molecule has 1 N–H and O–H groups in total. The van der Waals surface area contributed by atoms with Gasteiger partial charge in [-0.25, -0.2) is 0 Å². The van der Waals surface area contributed by atoms with E-state index in [1.807, 2.05) is 24.3 Å². The molecule has 2 aromatic carbocycles. The van der Waals surface area contributed by atoms with Crippen molar-refractivity contribution in [3.63, 3.8) is 0 Å². The molecule has 1 amide bonds. The van der Waals surface area contributed by atoms with Gasteiger partial charge in [0.25, 0.3) is 0 Å². The van der Waals surface area contributed by atoms with Crippen molar-refractivity contribution in [3.8, 4) is 5.75 Å². The third-order valence-corrected chi connectivity index (χ3v) is 5.02. The normalized spacial score (nSPS) is 16.5. The molecule has 1 saturated heterocycles. The quantitative estimate of drug-likeness (QED) is 0.828. The van der Waals surface area contributed by atoms with E-state index < -0.39 is 0 Å². The largest absolute Gasteiger partial charge is 0.497 e. The minimum atomic E-state index is 0.127. The number of ether oxygens (including phenoxy) is 1. The van der Waals surface area contributed by atoms with E-state index in [0.29, 0.717) is 12.3 Å². The summed E-state index contributed by atoms with van der Waals surface area (Å²) in [6, 6.07) is 16.5. The maximum Gasteiger partial charge on any atom is 0.220 e. The number of carbonyl (C=O) groups excluding carboxylic acids is 1. The molecular weight excluding hydrogens is 324 g/mol. The number of amides is 1. The van der Waals surface area contributed by atoms with Gasteiger partial charge < -0.3 is 15.0 Å². The van der Waals surface area contributed by atoms with Crippen molar-refractivity contribution in [3.05, 3.63) is 59.7 Å². The molecular formula is C22H28N2O2. The SMILES string of the molecule is COc1cccc(CCC(=O)NCC2CCN(c3cccc(C)c3)C2)c1. The van der Waals surface area contributed by atoms with E-state index >= 15 is 0 Å². The Morgan fingerprint density at radius 2 is 2.08 bits per heavy atom. The van der Waals surface area contributed by atoms with E-state index in [9.17, 15) is 4.79 Å². The zero-order chi connectivity index (χ0) is 18.4. The van der Waals surface area contributed by atoms with Gasteiger partial charge in [-0.3, -0.25) is 4.79 Å². The highest BCUT2D eigenvalue weighted by Crippen LogP contribution is 2.24. The van der Waals surface area contributed by atoms with Gasteiger partial charge in [-0.2, -0.15) is 0 Å². The van der Waals surface area contributed by atoms with Gasteiger partial charge in [-0.05, 0) is 61.1 Å². The van der Waals surface area contributed by atoms with E-state index in [-0.39, 0.29) is 5.91 Å². The second-order valence-electron chi connectivity index (χ2n) is 7.10. The lowest BCUT2D eigenvalue weighted by Crippen LogP contribution is -2.31. The number of carbonyl (C=O) groups is 1. The topological polar surface area (TPSA) is 41.6 Å². The van der Waals surface area contributed by atoms with E-state index in [1.54, 1.807) is 7.11 Å². The highest BCUT2D eigenvalue weighted by atomic mass is 16.5. The lowest BCUT2D eigenvalue weighted by Gasteiger charge is -2.19. The molecule has 1 aliphatic heterocycles. The van der Waals surface area contributed by atoms with Crippen LogP contribution in [0.3, 0.4) is 0 Å². The summed E-state index contributed by atoms with van der Waals surface area (Å²) >= 11 is 0. The molecule has 1 heterocycles. The Morgan fingerprint density at radius 3 is 2.88 bits per heavy atom. The maximum absolute atomic E-state index is 12.2. The maximum atomic E-state index is 12.2. The van der Waals surface area contributed by atoms with Crippen LogP contribution in [0, 0.1) is 12.8 Å². The third kappa shape index (κ3) is 5.01. The molecule has 1 aliphatic rings. The smallest absolute Gasteiger partial charge is 0.220 e. The number of aryl methyl sites for hydroxylation is 2. The zero-order valence-corrected chi connectivity index (χ0v) is 15.7. The molecule has 4 nitrogen and oxygen atoms in total. The van der Waals surface area contributed by atoms with Crippen molar-refractivity contribution < 1.29 is 9.53 Å². The summed E-state index contributed by atoms with van der Waals surface area (Å²) in [5.74, 6) is 1.49. The van der Waals surface area contributed by atoms with E-state index in [2.05, 4.69) is 41.4 Å². The Labute approximate surface area is 156 Å². The first-order valence-electron chi connectivity index (χ1n) is 9.35. The van der Waals surface area contributed by atoms with Gasteiger partial charge in [-0.15, -0.1) is 0 Å². The summed E-state index contributed by atoms with van der Waals surface area (Å²) in [4.78, 5) is 14.6. The van der Waals surface area contributed by atoms with Gasteiger partial charge in [0.2, 0.25) is 5.91 Å². The van der Waals surface area contributed by atoms with Gasteiger partial charge in [0, 0.05) is 31.7 Å². The highest BCUT2D eigenvalue weighted by molar-refractivity contribution is 5.76. The molecule has 2 aromatic rings. The van der Waals surface area contributed by atoms with Crippen LogP contribution >= 0.6 is 0 Å². The Bertz CT molecular complexity index is 744. The molecule has 1 unspecified atom stereocenters. The molecule has 4 heteroatoms. The highest BCUT2D eigenvalue weighted by Gasteiger charge is 2.23. The van der Waals surface area contributed by atoms with Crippen LogP contribution in [0.1, 0.15) is 24.0 Å². The minimum Gasteiger partial charge on any atom is -0.497 e. The van der Waals surface area contributed by atoms with Crippen LogP contribution in [0.15, 0.2) is 48.5 Å². The standard InChI is InChI=1S/C22H28N2O2/c1-17-5-3-7-20(13-17)24-12-11-19(16-24)15-23-22(25)10-9-18-6-4-8-21(14-18)26-2/h3-8,13-14,19H,9-12,15-16H2,1-2H3,(H,23,25). The predicted molar refractivity (Wildman–Crippen MR) is 106 cm³/mol. The van der Waals surface area contributed by atoms with Crippen LogP contribution in [0.4, 0.5) is 5.69 Å². The number of methoxy groups -OCH3 is 1. The Hall–Kier alpha value is -2.49. The first-order valence-corrected chi connectivity index (χ1v) is 9.35. The molecule has 138 valence electrons. The van der Waals surface area contributed by atoms with Crippen LogP contribution in [0.5, 0.6) is 5.75 Å². The fourth-order valence-corrected chi connectivity index (χ4v) is 3.49. The molecule has 0 aromatic heterocycles. The number of nitrogens with one attached hydrogen (secondary N) is 1. The van der Waals surface area contributed by atoms with Crippen LogP contribution in [0.25, 0.3) is 0 Å². The van der Waals surface area contributed by atoms with Crippen LogP contribution in [0.2, 0.25) is 0 Å². The predicted octanol–water partition coefficient (Wildman–Crippen LogP) is 3.58. The molecule has 0 bridgehead atoms. The minimum absolute atomic E-state index is 0.127. The summed E-state index contributed by atoms with van der Waals surface area (Å²) in [7, 11) is 1.66. The van der Waals surface area contributed by atoms with E-state index in [1.165, 1.54) is 11.3 Å². The summed E-state index contributed by atoms with van der Waals surface area (Å²) in [5, 5.41) is 3.11. The summed E-state index contributed by atoms with van der Waals surface area (Å²) in [6.07, 6.45) is 2.38. The molecule has 1 atom stereocenters. The van der Waals surface area contributed by atoms with Crippen molar-refractivity contribution >= 4 is 11.6 Å². The van der Waals surface area contributed by atoms with Crippen molar-refractivity contribution in [2.75, 3.05) is 31.6 Å². The number of nitrogens with zero attached hydrogens (tertiary/aromatic N) is 1. The lowest BCUT2D eigenvalue weighted by molar-refractivity contribution is -0.121. The first-order chi connectivity index (χ1) is 12.6. The van der Waals surface area contributed by atoms with Gasteiger partial charge in [0.1, 0.15) is 5.75 Å². The number of anilines is 1. The third-order valence-electron chi connectivity index (χ3n) is 5.02. The van der Waals surface area contributed by atoms with E-state index in [0.717, 1.165) is 43.8 Å². The van der Waals surface area contributed by atoms with Crippen LogP contribution < -0.4 is 15.0 Å². The number of rotatable bonds is 7. The zero-order valence-electron chi connectivity index (χ0n) is 15.7. The van der Waals surface area contributed by atoms with Crippen molar-refractivity contribution in [1.29, 1.82) is 0 Å². The fraction of sp³-hybridized carbons (Fsp3) is 0.409. The van der Waals surface area contributed by atoms with E-state index in [4.69, 9.17) is 4.74 Å². The monoisotopic (exact) mass is 352 g/mol. The second kappa shape index (κ2) is 8.75. The Balaban J connectivity index is 1.41. The number of hydrogen-bond acceptors (Lipinski definition) is 3. The van der Waals surface area contributed by atoms with Crippen molar-refractivity contribution in [2.45, 2.75) is 26.2 Å². The second-order valence-corrected chi connectivity index (χ2v) is 7.10. The van der Waals surface area contributed by atoms with Crippen molar-refractivity contribution in [2.24, 2.45) is 5.92 Å².